The van der Waals surface area contributed by atoms with Crippen molar-refractivity contribution in [3.63, 3.8) is 0 Å². The predicted molar refractivity (Wildman–Crippen MR) is 55.2 cm³/mol. The van der Waals surface area contributed by atoms with Gasteiger partial charge in [-0.1, -0.05) is 6.42 Å². The van der Waals surface area contributed by atoms with Crippen molar-refractivity contribution in [1.29, 1.82) is 0 Å². The number of hydrogen-bond acceptors (Lipinski definition) is 4. The molecule has 0 spiro atoms. The summed E-state index contributed by atoms with van der Waals surface area (Å²) in [5, 5.41) is 3.45. The van der Waals surface area contributed by atoms with E-state index >= 15 is 0 Å². The molecule has 0 aromatic heterocycles. The van der Waals surface area contributed by atoms with Crippen LogP contribution < -0.4 is 5.32 Å². The second-order valence-electron chi connectivity index (χ2n) is 3.92. The lowest BCUT2D eigenvalue weighted by molar-refractivity contribution is -0.141. The van der Waals surface area contributed by atoms with E-state index in [0.717, 1.165) is 13.1 Å². The third kappa shape index (κ3) is 4.07. The van der Waals surface area contributed by atoms with E-state index in [2.05, 4.69) is 10.1 Å². The van der Waals surface area contributed by atoms with Crippen molar-refractivity contribution in [2.24, 2.45) is 0 Å². The van der Waals surface area contributed by atoms with Crippen LogP contribution in [0.25, 0.3) is 0 Å². The van der Waals surface area contributed by atoms with Gasteiger partial charge in [0.15, 0.2) is 0 Å². The Bertz CT molecular complexity index is 179. The third-order valence-corrected chi connectivity index (χ3v) is 2.57. The first kappa shape index (κ1) is 11.5. The monoisotopic (exact) mass is 200 g/mol. The first-order valence-electron chi connectivity index (χ1n) is 5.21. The Labute approximate surface area is 85.6 Å². The number of hydrogen-bond donors (Lipinski definition) is 1. The molecule has 14 heavy (non-hydrogen) atoms. The average Bonchev–Trinajstić information content (AvgIpc) is 2.19. The molecular formula is C10H20N2O2. The summed E-state index contributed by atoms with van der Waals surface area (Å²) < 4.78 is 4.61. The zero-order valence-corrected chi connectivity index (χ0v) is 9.08. The molecule has 0 amide bonds. The van der Waals surface area contributed by atoms with Gasteiger partial charge in [0.25, 0.3) is 0 Å². The molecule has 0 radical (unpaired) electrons. The van der Waals surface area contributed by atoms with Crippen molar-refractivity contribution in [1.82, 2.24) is 10.2 Å². The number of rotatable bonds is 4. The van der Waals surface area contributed by atoms with Crippen LogP contribution in [0.5, 0.6) is 0 Å². The third-order valence-electron chi connectivity index (χ3n) is 2.57. The van der Waals surface area contributed by atoms with Crippen LogP contribution in [0.1, 0.15) is 19.3 Å². The molecular weight excluding hydrogens is 180 g/mol. The Morgan fingerprint density at radius 2 is 2.36 bits per heavy atom. The molecule has 1 heterocycles. The number of likely N-dealkylation sites (N-methyl/N-ethyl adjacent to an activating group) is 1. The molecule has 1 aliphatic rings. The molecule has 0 aromatic carbocycles. The minimum atomic E-state index is -0.164. The molecule has 1 fully saturated rings. The summed E-state index contributed by atoms with van der Waals surface area (Å²) in [6, 6.07) is 0.540. The van der Waals surface area contributed by atoms with Crippen molar-refractivity contribution < 1.29 is 9.53 Å². The first-order valence-corrected chi connectivity index (χ1v) is 5.21. The van der Waals surface area contributed by atoms with E-state index in [4.69, 9.17) is 0 Å². The van der Waals surface area contributed by atoms with Crippen LogP contribution in [-0.2, 0) is 9.53 Å². The van der Waals surface area contributed by atoms with Gasteiger partial charge >= 0.3 is 5.97 Å². The molecule has 0 aliphatic carbocycles. The van der Waals surface area contributed by atoms with Crippen LogP contribution in [0.2, 0.25) is 0 Å². The molecule has 4 nitrogen and oxygen atoms in total. The minimum Gasteiger partial charge on any atom is -0.468 e. The van der Waals surface area contributed by atoms with Crippen LogP contribution in [0.3, 0.4) is 0 Å². The topological polar surface area (TPSA) is 41.6 Å². The van der Waals surface area contributed by atoms with Crippen LogP contribution in [0.4, 0.5) is 0 Å². The summed E-state index contributed by atoms with van der Waals surface area (Å²) >= 11 is 0. The van der Waals surface area contributed by atoms with Crippen molar-refractivity contribution in [2.75, 3.05) is 33.8 Å². The lowest BCUT2D eigenvalue weighted by atomic mass is 10.0. The van der Waals surface area contributed by atoms with E-state index in [0.29, 0.717) is 12.6 Å². The zero-order valence-electron chi connectivity index (χ0n) is 9.08. The number of ether oxygens (including phenoxy) is 1. The van der Waals surface area contributed by atoms with Gasteiger partial charge in [-0.2, -0.15) is 0 Å². The van der Waals surface area contributed by atoms with Gasteiger partial charge in [0.05, 0.1) is 13.7 Å². The number of carbonyl (C=O) groups is 1. The van der Waals surface area contributed by atoms with Gasteiger partial charge in [0.1, 0.15) is 0 Å². The highest BCUT2D eigenvalue weighted by Gasteiger charge is 2.15. The quantitative estimate of drug-likeness (QED) is 0.660. The highest BCUT2D eigenvalue weighted by molar-refractivity contribution is 5.71. The highest BCUT2D eigenvalue weighted by Crippen LogP contribution is 2.07. The van der Waals surface area contributed by atoms with Crippen molar-refractivity contribution in [2.45, 2.75) is 25.3 Å². The Hall–Kier alpha value is -0.610. The van der Waals surface area contributed by atoms with E-state index in [1.165, 1.54) is 26.4 Å². The standard InChI is InChI=1S/C10H20N2O2/c1-12(8-10(13)14-2)7-9-5-3-4-6-11-9/h9,11H,3-8H2,1-2H3. The molecule has 1 saturated heterocycles. The van der Waals surface area contributed by atoms with E-state index < -0.39 is 0 Å². The molecule has 82 valence electrons. The SMILES string of the molecule is COC(=O)CN(C)CC1CCCCN1. The number of carbonyl (C=O) groups excluding carboxylic acids is 1. The fourth-order valence-corrected chi connectivity index (χ4v) is 1.81. The smallest absolute Gasteiger partial charge is 0.319 e. The lowest BCUT2D eigenvalue weighted by Crippen LogP contribution is -2.43. The molecule has 4 heteroatoms. The van der Waals surface area contributed by atoms with Crippen LogP contribution in [0.15, 0.2) is 0 Å². The molecule has 0 aromatic rings. The van der Waals surface area contributed by atoms with Gasteiger partial charge in [-0.05, 0) is 26.4 Å². The number of esters is 1. The zero-order chi connectivity index (χ0) is 10.4. The normalized spacial score (nSPS) is 22.4. The fourth-order valence-electron chi connectivity index (χ4n) is 1.81. The summed E-state index contributed by atoms with van der Waals surface area (Å²) in [5.41, 5.74) is 0. The number of methoxy groups -OCH3 is 1. The van der Waals surface area contributed by atoms with Gasteiger partial charge < -0.3 is 10.1 Å². The maximum Gasteiger partial charge on any atom is 0.319 e. The Morgan fingerprint density at radius 1 is 1.57 bits per heavy atom. The van der Waals surface area contributed by atoms with Crippen molar-refractivity contribution in [3.8, 4) is 0 Å². The molecule has 1 rings (SSSR count). The van der Waals surface area contributed by atoms with Gasteiger partial charge in [-0.25, -0.2) is 0 Å². The Morgan fingerprint density at radius 3 is 2.93 bits per heavy atom. The molecule has 1 N–H and O–H groups in total. The van der Waals surface area contributed by atoms with E-state index in [1.807, 2.05) is 11.9 Å². The predicted octanol–water partition coefficient (Wildman–Crippen LogP) is 0.233. The van der Waals surface area contributed by atoms with E-state index in [1.54, 1.807) is 0 Å². The second kappa shape index (κ2) is 5.98. The van der Waals surface area contributed by atoms with Crippen LogP contribution in [-0.4, -0.2) is 50.7 Å². The van der Waals surface area contributed by atoms with Gasteiger partial charge in [-0.15, -0.1) is 0 Å². The van der Waals surface area contributed by atoms with Gasteiger partial charge in [0.2, 0.25) is 0 Å². The van der Waals surface area contributed by atoms with E-state index in [9.17, 15) is 4.79 Å². The summed E-state index contributed by atoms with van der Waals surface area (Å²) in [4.78, 5) is 13.0. The molecule has 0 saturated carbocycles. The molecule has 1 unspecified atom stereocenters. The summed E-state index contributed by atoms with van der Waals surface area (Å²) in [5.74, 6) is -0.164. The van der Waals surface area contributed by atoms with Crippen LogP contribution >= 0.6 is 0 Å². The Kier molecular flexibility index (Phi) is 4.90. The van der Waals surface area contributed by atoms with Gasteiger partial charge in [-0.3, -0.25) is 9.69 Å². The number of nitrogens with zero attached hydrogens (tertiary/aromatic N) is 1. The minimum absolute atomic E-state index is 0.164. The molecule has 0 bridgehead atoms. The number of nitrogens with one attached hydrogen (secondary N) is 1. The number of piperidine rings is 1. The fraction of sp³-hybridized carbons (Fsp3) is 0.900. The largest absolute Gasteiger partial charge is 0.468 e. The maximum absolute atomic E-state index is 11.0. The highest BCUT2D eigenvalue weighted by atomic mass is 16.5. The average molecular weight is 200 g/mol. The van der Waals surface area contributed by atoms with Crippen molar-refractivity contribution >= 4 is 5.97 Å². The Balaban J connectivity index is 2.18. The van der Waals surface area contributed by atoms with E-state index in [-0.39, 0.29) is 5.97 Å². The first-order chi connectivity index (χ1) is 6.72. The lowest BCUT2D eigenvalue weighted by Gasteiger charge is -2.27. The van der Waals surface area contributed by atoms with Crippen molar-refractivity contribution in [3.05, 3.63) is 0 Å². The summed E-state index contributed by atoms with van der Waals surface area (Å²) in [6.07, 6.45) is 3.78. The molecule has 1 aliphatic heterocycles. The molecule has 1 atom stereocenters. The summed E-state index contributed by atoms with van der Waals surface area (Å²) in [7, 11) is 3.38. The second-order valence-corrected chi connectivity index (χ2v) is 3.92. The van der Waals surface area contributed by atoms with Crippen LogP contribution in [0, 0.1) is 0 Å². The summed E-state index contributed by atoms with van der Waals surface area (Å²) in [6.45, 7) is 2.42. The van der Waals surface area contributed by atoms with Gasteiger partial charge in [0, 0.05) is 12.6 Å². The maximum atomic E-state index is 11.0.